The maximum atomic E-state index is 6.07. The average molecular weight is 313 g/mol. The van der Waals surface area contributed by atoms with Gasteiger partial charge in [0.25, 0.3) is 0 Å². The van der Waals surface area contributed by atoms with Crippen molar-refractivity contribution in [1.82, 2.24) is 14.8 Å². The SMILES string of the molecule is Cc1ccc(Cl)c(OCCSc2nnc(CN)n2C)c1. The summed E-state index contributed by atoms with van der Waals surface area (Å²) in [6.45, 7) is 2.95. The number of nitrogens with zero attached hydrogens (tertiary/aromatic N) is 3. The van der Waals surface area contributed by atoms with Gasteiger partial charge in [-0.3, -0.25) is 0 Å². The van der Waals surface area contributed by atoms with Crippen molar-refractivity contribution in [1.29, 1.82) is 0 Å². The van der Waals surface area contributed by atoms with Gasteiger partial charge in [0.2, 0.25) is 0 Å². The zero-order valence-electron chi connectivity index (χ0n) is 11.5. The van der Waals surface area contributed by atoms with Crippen molar-refractivity contribution < 1.29 is 4.74 Å². The van der Waals surface area contributed by atoms with Gasteiger partial charge in [-0.05, 0) is 24.6 Å². The largest absolute Gasteiger partial charge is 0.491 e. The zero-order valence-corrected chi connectivity index (χ0v) is 13.0. The smallest absolute Gasteiger partial charge is 0.191 e. The second kappa shape index (κ2) is 6.97. The molecule has 108 valence electrons. The molecular formula is C13H17ClN4OS. The van der Waals surface area contributed by atoms with Crippen LogP contribution >= 0.6 is 23.4 Å². The number of aryl methyl sites for hydroxylation is 1. The quantitative estimate of drug-likeness (QED) is 0.655. The number of aromatic nitrogens is 3. The molecule has 0 bridgehead atoms. The number of hydrogen-bond donors (Lipinski definition) is 1. The maximum absolute atomic E-state index is 6.07. The predicted molar refractivity (Wildman–Crippen MR) is 81.3 cm³/mol. The van der Waals surface area contributed by atoms with E-state index >= 15 is 0 Å². The van der Waals surface area contributed by atoms with Crippen LogP contribution in [0.2, 0.25) is 5.02 Å². The summed E-state index contributed by atoms with van der Waals surface area (Å²) < 4.78 is 7.57. The number of rotatable bonds is 6. The van der Waals surface area contributed by atoms with Crippen molar-refractivity contribution in [3.05, 3.63) is 34.6 Å². The molecule has 0 spiro atoms. The molecule has 0 unspecified atom stereocenters. The molecule has 2 aromatic rings. The van der Waals surface area contributed by atoms with Crippen LogP contribution in [0.4, 0.5) is 0 Å². The molecule has 0 saturated heterocycles. The van der Waals surface area contributed by atoms with Gasteiger partial charge in [-0.25, -0.2) is 0 Å². The Balaban J connectivity index is 1.84. The standard InChI is InChI=1S/C13H17ClN4OS/c1-9-3-4-10(14)11(7-9)19-5-6-20-13-17-16-12(8-15)18(13)2/h3-4,7H,5-6,8,15H2,1-2H3. The molecule has 0 aliphatic heterocycles. The third-order valence-corrected chi connectivity index (χ3v) is 4.06. The first-order valence-electron chi connectivity index (χ1n) is 6.22. The zero-order chi connectivity index (χ0) is 14.5. The number of benzene rings is 1. The van der Waals surface area contributed by atoms with E-state index in [-0.39, 0.29) is 0 Å². The van der Waals surface area contributed by atoms with E-state index in [1.165, 1.54) is 0 Å². The molecule has 2 rings (SSSR count). The third kappa shape index (κ3) is 3.65. The third-order valence-electron chi connectivity index (χ3n) is 2.77. The van der Waals surface area contributed by atoms with Crippen molar-refractivity contribution in [3.8, 4) is 5.75 Å². The van der Waals surface area contributed by atoms with E-state index in [4.69, 9.17) is 22.1 Å². The highest BCUT2D eigenvalue weighted by Gasteiger charge is 2.08. The van der Waals surface area contributed by atoms with Crippen LogP contribution in [0.5, 0.6) is 5.75 Å². The summed E-state index contributed by atoms with van der Waals surface area (Å²) in [6.07, 6.45) is 0. The van der Waals surface area contributed by atoms with E-state index in [0.29, 0.717) is 23.9 Å². The lowest BCUT2D eigenvalue weighted by Crippen LogP contribution is -2.06. The summed E-state index contributed by atoms with van der Waals surface area (Å²) in [7, 11) is 1.91. The van der Waals surface area contributed by atoms with E-state index in [2.05, 4.69) is 10.2 Å². The van der Waals surface area contributed by atoms with Crippen LogP contribution in [0.1, 0.15) is 11.4 Å². The molecule has 0 amide bonds. The molecule has 5 nitrogen and oxygen atoms in total. The summed E-state index contributed by atoms with van der Waals surface area (Å²) in [6, 6.07) is 5.73. The van der Waals surface area contributed by atoms with Crippen molar-refractivity contribution in [2.24, 2.45) is 12.8 Å². The Morgan fingerprint density at radius 2 is 2.20 bits per heavy atom. The summed E-state index contributed by atoms with van der Waals surface area (Å²) >= 11 is 7.65. The number of nitrogens with two attached hydrogens (primary N) is 1. The number of halogens is 1. The van der Waals surface area contributed by atoms with Crippen molar-refractivity contribution >= 4 is 23.4 Å². The molecule has 0 atom stereocenters. The van der Waals surface area contributed by atoms with Crippen molar-refractivity contribution in [2.75, 3.05) is 12.4 Å². The summed E-state index contributed by atoms with van der Waals surface area (Å²) in [4.78, 5) is 0. The lowest BCUT2D eigenvalue weighted by molar-refractivity contribution is 0.344. The molecule has 1 aromatic heterocycles. The van der Waals surface area contributed by atoms with Crippen LogP contribution in [0.25, 0.3) is 0 Å². The summed E-state index contributed by atoms with van der Waals surface area (Å²) in [5.74, 6) is 2.25. The van der Waals surface area contributed by atoms with Crippen molar-refractivity contribution in [3.63, 3.8) is 0 Å². The van der Waals surface area contributed by atoms with Crippen LogP contribution in [0.3, 0.4) is 0 Å². The first kappa shape index (κ1) is 15.2. The van der Waals surface area contributed by atoms with Crippen LogP contribution in [-0.4, -0.2) is 27.1 Å². The molecule has 0 aliphatic carbocycles. The minimum Gasteiger partial charge on any atom is -0.491 e. The predicted octanol–water partition coefficient (Wildman–Crippen LogP) is 2.41. The van der Waals surface area contributed by atoms with Gasteiger partial charge in [-0.2, -0.15) is 0 Å². The highest BCUT2D eigenvalue weighted by Crippen LogP contribution is 2.25. The van der Waals surface area contributed by atoms with Gasteiger partial charge in [0.1, 0.15) is 11.6 Å². The van der Waals surface area contributed by atoms with E-state index in [0.717, 1.165) is 22.3 Å². The molecule has 20 heavy (non-hydrogen) atoms. The molecule has 1 aromatic carbocycles. The Labute approximate surface area is 127 Å². The molecule has 0 aliphatic rings. The lowest BCUT2D eigenvalue weighted by Gasteiger charge is -2.08. The van der Waals surface area contributed by atoms with Gasteiger partial charge in [0.05, 0.1) is 18.2 Å². The normalized spacial score (nSPS) is 10.8. The molecule has 0 radical (unpaired) electrons. The van der Waals surface area contributed by atoms with Crippen molar-refractivity contribution in [2.45, 2.75) is 18.6 Å². The molecule has 1 heterocycles. The fourth-order valence-corrected chi connectivity index (χ4v) is 2.57. The fourth-order valence-electron chi connectivity index (χ4n) is 1.65. The van der Waals surface area contributed by atoms with Gasteiger partial charge in [0.15, 0.2) is 5.16 Å². The van der Waals surface area contributed by atoms with E-state index < -0.39 is 0 Å². The summed E-state index contributed by atoms with van der Waals surface area (Å²) in [5, 5.41) is 9.55. The van der Waals surface area contributed by atoms with Gasteiger partial charge < -0.3 is 15.0 Å². The van der Waals surface area contributed by atoms with Gasteiger partial charge in [-0.1, -0.05) is 29.4 Å². The number of thioether (sulfide) groups is 1. The fraction of sp³-hybridized carbons (Fsp3) is 0.385. The molecule has 0 fully saturated rings. The van der Waals surface area contributed by atoms with Crippen LogP contribution in [0, 0.1) is 6.92 Å². The Hall–Kier alpha value is -1.24. The Bertz CT molecular complexity index is 588. The van der Waals surface area contributed by atoms with Crippen LogP contribution < -0.4 is 10.5 Å². The first-order chi connectivity index (χ1) is 9.61. The Kier molecular flexibility index (Phi) is 5.28. The average Bonchev–Trinajstić information content (AvgIpc) is 2.79. The highest BCUT2D eigenvalue weighted by molar-refractivity contribution is 7.99. The number of hydrogen-bond acceptors (Lipinski definition) is 5. The van der Waals surface area contributed by atoms with Gasteiger partial charge >= 0.3 is 0 Å². The molecular weight excluding hydrogens is 296 g/mol. The van der Waals surface area contributed by atoms with Gasteiger partial charge in [0, 0.05) is 12.8 Å². The van der Waals surface area contributed by atoms with Gasteiger partial charge in [-0.15, -0.1) is 10.2 Å². The second-order valence-electron chi connectivity index (χ2n) is 4.29. The Morgan fingerprint density at radius 1 is 1.40 bits per heavy atom. The molecule has 2 N–H and O–H groups in total. The second-order valence-corrected chi connectivity index (χ2v) is 5.76. The first-order valence-corrected chi connectivity index (χ1v) is 7.58. The molecule has 7 heteroatoms. The summed E-state index contributed by atoms with van der Waals surface area (Å²) in [5.41, 5.74) is 6.68. The minimum absolute atomic E-state index is 0.388. The lowest BCUT2D eigenvalue weighted by atomic mass is 10.2. The molecule has 0 saturated carbocycles. The minimum atomic E-state index is 0.388. The maximum Gasteiger partial charge on any atom is 0.191 e. The van der Waals surface area contributed by atoms with Crippen LogP contribution in [0.15, 0.2) is 23.4 Å². The highest BCUT2D eigenvalue weighted by atomic mass is 35.5. The number of ether oxygens (including phenoxy) is 1. The van der Waals surface area contributed by atoms with E-state index in [1.54, 1.807) is 11.8 Å². The topological polar surface area (TPSA) is 66.0 Å². The van der Waals surface area contributed by atoms with E-state index in [9.17, 15) is 0 Å². The van der Waals surface area contributed by atoms with E-state index in [1.807, 2.05) is 36.7 Å². The monoisotopic (exact) mass is 312 g/mol. The van der Waals surface area contributed by atoms with Crippen LogP contribution in [-0.2, 0) is 13.6 Å². The Morgan fingerprint density at radius 3 is 2.90 bits per heavy atom.